The van der Waals surface area contributed by atoms with Gasteiger partial charge in [0, 0.05) is 4.57 Å². The van der Waals surface area contributed by atoms with E-state index in [0.717, 1.165) is 0 Å². The van der Waals surface area contributed by atoms with Gasteiger partial charge >= 0.3 is 13.8 Å². The summed E-state index contributed by atoms with van der Waals surface area (Å²) < 4.78 is 67.5. The van der Waals surface area contributed by atoms with Crippen molar-refractivity contribution in [1.29, 1.82) is 0 Å². The molecule has 1 unspecified atom stereocenters. The second-order valence-corrected chi connectivity index (χ2v) is 4.21. The quantitative estimate of drug-likeness (QED) is 0.712. The summed E-state index contributed by atoms with van der Waals surface area (Å²) in [6.45, 7) is 0. The highest BCUT2D eigenvalue weighted by molar-refractivity contribution is 7.92. The van der Waals surface area contributed by atoms with Crippen molar-refractivity contribution < 1.29 is 35.6 Å². The van der Waals surface area contributed by atoms with Crippen LogP contribution in [0.2, 0.25) is 0 Å². The maximum atomic E-state index is 11.4. The molecule has 0 amide bonds. The molecule has 0 saturated carbocycles. The van der Waals surface area contributed by atoms with Crippen LogP contribution in [0.4, 0.5) is 13.2 Å². The number of hydrogen-bond acceptors (Lipinski definition) is 4. The molecule has 72 valence electrons. The van der Waals surface area contributed by atoms with E-state index in [4.69, 9.17) is 4.89 Å². The minimum absolute atomic E-state index is 1.85. The van der Waals surface area contributed by atoms with Crippen LogP contribution in [0.15, 0.2) is 0 Å². The predicted molar refractivity (Wildman–Crippen MR) is 30.8 cm³/mol. The lowest BCUT2D eigenvalue weighted by molar-refractivity contribution is -0.0448. The van der Waals surface area contributed by atoms with E-state index >= 15 is 0 Å². The largest absolute Gasteiger partial charge is 0.695 e. The van der Waals surface area contributed by atoms with Gasteiger partial charge in [-0.05, 0) is 0 Å². The lowest BCUT2D eigenvalue weighted by atomic mass is 11.5. The fraction of sp³-hybridized carbons (Fsp3) is 1.00. The molecule has 0 aromatic rings. The van der Waals surface area contributed by atoms with Gasteiger partial charge in [-0.3, -0.25) is 0 Å². The van der Waals surface area contributed by atoms with Gasteiger partial charge in [-0.25, -0.2) is 8.42 Å². The summed E-state index contributed by atoms with van der Waals surface area (Å²) in [5.41, 5.74) is -5.46. The summed E-state index contributed by atoms with van der Waals surface area (Å²) in [5.74, 6) is -1.85. The third kappa shape index (κ3) is 3.44. The molecule has 10 heteroatoms. The first kappa shape index (κ1) is 11.8. The third-order valence-corrected chi connectivity index (χ3v) is 2.33. The molecule has 0 bridgehead atoms. The van der Waals surface area contributed by atoms with Gasteiger partial charge < -0.3 is 0 Å². The molecule has 0 saturated heterocycles. The summed E-state index contributed by atoms with van der Waals surface area (Å²) in [6, 6.07) is 0. The van der Waals surface area contributed by atoms with Crippen molar-refractivity contribution in [2.45, 2.75) is 5.51 Å². The van der Waals surface area contributed by atoms with Crippen molar-refractivity contribution in [1.82, 2.24) is 0 Å². The van der Waals surface area contributed by atoms with E-state index in [1.54, 1.807) is 0 Å². The molecule has 0 fully saturated rings. The summed E-state index contributed by atoms with van der Waals surface area (Å²) in [7, 11) is -8.80. The Morgan fingerprint density at radius 3 is 2.08 bits per heavy atom. The second-order valence-electron chi connectivity index (χ2n) is 1.55. The molecule has 0 radical (unpaired) electrons. The Morgan fingerprint density at radius 1 is 1.42 bits per heavy atom. The summed E-state index contributed by atoms with van der Waals surface area (Å²) in [5, 5.41) is 0. The average Bonchev–Trinajstić information content (AvgIpc) is 1.81. The maximum Gasteiger partial charge on any atom is 0.695 e. The number of halogens is 3. The van der Waals surface area contributed by atoms with Gasteiger partial charge in [0.25, 0.3) is 9.84 Å². The Kier molecular flexibility index (Phi) is 3.58. The summed E-state index contributed by atoms with van der Waals surface area (Å²) >= 11 is 0. The van der Waals surface area contributed by atoms with E-state index in [0.29, 0.717) is 0 Å². The van der Waals surface area contributed by atoms with Crippen LogP contribution in [0.3, 0.4) is 0 Å². The van der Waals surface area contributed by atoms with Crippen LogP contribution in [0.1, 0.15) is 0 Å². The minimum Gasteiger partial charge on any atom is -0.217 e. The highest BCUT2D eigenvalue weighted by Gasteiger charge is 2.47. The molecule has 0 aliphatic heterocycles. The van der Waals surface area contributed by atoms with Crippen molar-refractivity contribution in [2.75, 3.05) is 5.94 Å². The van der Waals surface area contributed by atoms with Gasteiger partial charge in [0.15, 0.2) is 0 Å². The molecule has 0 aliphatic carbocycles. The van der Waals surface area contributed by atoms with Gasteiger partial charge in [-0.1, -0.05) is 0 Å². The minimum atomic E-state index is -5.46. The highest BCUT2D eigenvalue weighted by Crippen LogP contribution is 2.26. The van der Waals surface area contributed by atoms with Crippen LogP contribution in [0, 0.1) is 0 Å². The molecular weight excluding hydrogens is 224 g/mol. The molecular formula is C2H3F3O5PS+. The maximum absolute atomic E-state index is 11.4. The average molecular weight is 227 g/mol. The molecule has 0 aliphatic rings. The predicted octanol–water partition coefficient (Wildman–Crippen LogP) is 0.545. The van der Waals surface area contributed by atoms with E-state index in [-0.39, 0.29) is 0 Å². The fourth-order valence-electron chi connectivity index (χ4n) is 0.181. The lowest BCUT2D eigenvalue weighted by Gasteiger charge is -2.02. The Balaban J connectivity index is 4.37. The number of sulfone groups is 1. The van der Waals surface area contributed by atoms with Gasteiger partial charge in [0.1, 0.15) is 0 Å². The molecule has 0 aromatic heterocycles. The van der Waals surface area contributed by atoms with Crippen molar-refractivity contribution >= 4 is 18.1 Å². The second kappa shape index (κ2) is 3.65. The van der Waals surface area contributed by atoms with Crippen LogP contribution in [-0.2, 0) is 18.9 Å². The monoisotopic (exact) mass is 227 g/mol. The smallest absolute Gasteiger partial charge is 0.217 e. The van der Waals surface area contributed by atoms with Crippen LogP contribution in [0.25, 0.3) is 0 Å². The van der Waals surface area contributed by atoms with Crippen molar-refractivity contribution in [3.63, 3.8) is 0 Å². The van der Waals surface area contributed by atoms with Gasteiger partial charge in [0.05, 0.1) is 0 Å². The Hall–Kier alpha value is -0.240. The van der Waals surface area contributed by atoms with Crippen molar-refractivity contribution in [2.24, 2.45) is 0 Å². The molecule has 1 atom stereocenters. The third-order valence-electron chi connectivity index (χ3n) is 0.671. The van der Waals surface area contributed by atoms with Gasteiger partial charge in [-0.2, -0.15) is 13.2 Å². The Bertz CT molecular complexity index is 267. The molecule has 0 spiro atoms. The Labute approximate surface area is 66.0 Å². The van der Waals surface area contributed by atoms with Crippen molar-refractivity contribution in [3.8, 4) is 0 Å². The number of hydrogen-bond donors (Lipinski definition) is 1. The molecule has 5 nitrogen and oxygen atoms in total. The SMILES string of the molecule is O=[P+](O)OCS(=O)(=O)C(F)(F)F. The number of alkyl halides is 3. The van der Waals surface area contributed by atoms with E-state index < -0.39 is 29.5 Å². The molecule has 0 heterocycles. The van der Waals surface area contributed by atoms with E-state index in [9.17, 15) is 26.2 Å². The topological polar surface area (TPSA) is 80.7 Å². The Morgan fingerprint density at radius 2 is 1.83 bits per heavy atom. The fourth-order valence-corrected chi connectivity index (χ4v) is 1.23. The normalized spacial score (nSPS) is 14.5. The van der Waals surface area contributed by atoms with Crippen LogP contribution in [-0.4, -0.2) is 24.8 Å². The first-order valence-electron chi connectivity index (χ1n) is 2.25. The first-order chi connectivity index (χ1) is 5.17. The van der Waals surface area contributed by atoms with E-state index in [2.05, 4.69) is 4.52 Å². The van der Waals surface area contributed by atoms with Crippen LogP contribution < -0.4 is 0 Å². The van der Waals surface area contributed by atoms with Crippen LogP contribution in [0.5, 0.6) is 0 Å². The molecule has 0 rings (SSSR count). The molecule has 12 heavy (non-hydrogen) atoms. The number of rotatable bonds is 3. The lowest BCUT2D eigenvalue weighted by Crippen LogP contribution is -2.26. The first-order valence-corrected chi connectivity index (χ1v) is 5.03. The van der Waals surface area contributed by atoms with E-state index in [1.807, 2.05) is 0 Å². The van der Waals surface area contributed by atoms with Crippen LogP contribution >= 0.6 is 8.25 Å². The molecule has 0 aromatic carbocycles. The summed E-state index contributed by atoms with van der Waals surface area (Å²) in [4.78, 5) is 7.84. The zero-order valence-corrected chi connectivity index (χ0v) is 6.99. The summed E-state index contributed by atoms with van der Waals surface area (Å²) in [6.07, 6.45) is 0. The van der Waals surface area contributed by atoms with Gasteiger partial charge in [-0.15, -0.1) is 9.42 Å². The highest BCUT2D eigenvalue weighted by atomic mass is 32.2. The standard InChI is InChI=1S/C2H2F3O5PS/c3-2(4,5)12(8,9)1-10-11(6)7/h1H2/p+1. The van der Waals surface area contributed by atoms with Crippen molar-refractivity contribution in [3.05, 3.63) is 0 Å². The molecule has 1 N–H and O–H groups in total. The van der Waals surface area contributed by atoms with E-state index in [1.165, 1.54) is 0 Å². The van der Waals surface area contributed by atoms with Gasteiger partial charge in [0.2, 0.25) is 5.94 Å². The zero-order valence-electron chi connectivity index (χ0n) is 5.28. The zero-order chi connectivity index (χ0) is 9.99.